The summed E-state index contributed by atoms with van der Waals surface area (Å²) < 4.78 is 0. The molecule has 0 atom stereocenters. The number of rotatable bonds is 5. The summed E-state index contributed by atoms with van der Waals surface area (Å²) in [7, 11) is 0. The van der Waals surface area contributed by atoms with Crippen molar-refractivity contribution in [2.24, 2.45) is 0 Å². The fourth-order valence-electron chi connectivity index (χ4n) is 6.71. The Morgan fingerprint density at radius 2 is 1.04 bits per heavy atom. The van der Waals surface area contributed by atoms with Crippen LogP contribution in [0.3, 0.4) is 0 Å². The van der Waals surface area contributed by atoms with Crippen molar-refractivity contribution in [3.8, 4) is 62.5 Å². The minimum atomic E-state index is -0.293. The SMILES string of the molecule is CC1(C)c2ccc(-c3ccccc3-c3ccccc3-c3nc(-c4ccccc4)nc(-c4ccccc4)n3)cc2Sc2cccc(C#N)c21. The average Bonchev–Trinajstić information content (AvgIpc) is 3.15. The molecule has 1 aliphatic heterocycles. The third kappa shape index (κ3) is 5.17. The van der Waals surface area contributed by atoms with Gasteiger partial charge in [0.25, 0.3) is 0 Å². The summed E-state index contributed by atoms with van der Waals surface area (Å²) in [5, 5.41) is 9.88. The second-order valence-corrected chi connectivity index (χ2v) is 13.4. The Bertz CT molecular complexity index is 2300. The molecule has 0 N–H and O–H groups in total. The van der Waals surface area contributed by atoms with Crippen molar-refractivity contribution >= 4 is 11.8 Å². The predicted molar refractivity (Wildman–Crippen MR) is 194 cm³/mol. The van der Waals surface area contributed by atoms with E-state index < -0.39 is 0 Å². The van der Waals surface area contributed by atoms with E-state index in [4.69, 9.17) is 15.0 Å². The molecule has 0 spiro atoms. The molecule has 228 valence electrons. The summed E-state index contributed by atoms with van der Waals surface area (Å²) in [6.07, 6.45) is 0. The molecule has 0 bridgehead atoms. The Morgan fingerprint density at radius 1 is 0.500 bits per heavy atom. The molecule has 48 heavy (non-hydrogen) atoms. The van der Waals surface area contributed by atoms with E-state index in [1.807, 2.05) is 78.9 Å². The van der Waals surface area contributed by atoms with Crippen molar-refractivity contribution in [3.63, 3.8) is 0 Å². The number of nitrogens with zero attached hydrogens (tertiary/aromatic N) is 4. The summed E-state index contributed by atoms with van der Waals surface area (Å²) in [6, 6.07) is 52.3. The molecule has 0 aliphatic carbocycles. The highest BCUT2D eigenvalue weighted by atomic mass is 32.2. The second-order valence-electron chi connectivity index (χ2n) is 12.4. The normalized spacial score (nSPS) is 12.9. The standard InChI is InChI=1S/C43H30N4S/c1-43(2)36-25-24-30(26-38(36)48-37-23-13-18-31(27-44)39(37)43)32-19-9-10-20-33(32)34-21-11-12-22-35(34)42-46-40(28-14-5-3-6-15-28)45-41(47-42)29-16-7-4-8-17-29/h3-26H,1-2H3. The third-order valence-electron chi connectivity index (χ3n) is 9.04. The zero-order valence-electron chi connectivity index (χ0n) is 26.6. The number of fused-ring (bicyclic) bond motifs is 2. The zero-order chi connectivity index (χ0) is 32.7. The highest BCUT2D eigenvalue weighted by Gasteiger charge is 2.35. The fraction of sp³-hybridized carbons (Fsp3) is 0.0698. The van der Waals surface area contributed by atoms with Crippen LogP contribution in [0.15, 0.2) is 155 Å². The molecule has 2 heterocycles. The van der Waals surface area contributed by atoms with Gasteiger partial charge < -0.3 is 0 Å². The minimum Gasteiger partial charge on any atom is -0.208 e. The number of hydrogen-bond acceptors (Lipinski definition) is 5. The molecule has 1 aliphatic rings. The van der Waals surface area contributed by atoms with Gasteiger partial charge in [0.1, 0.15) is 0 Å². The van der Waals surface area contributed by atoms with Gasteiger partial charge in [-0.05, 0) is 51.6 Å². The van der Waals surface area contributed by atoms with E-state index in [1.165, 1.54) is 10.5 Å². The Kier molecular flexibility index (Phi) is 7.44. The first-order valence-corrected chi connectivity index (χ1v) is 16.7. The van der Waals surface area contributed by atoms with Crippen LogP contribution < -0.4 is 0 Å². The Labute approximate surface area is 284 Å². The van der Waals surface area contributed by atoms with Gasteiger partial charge in [-0.15, -0.1) is 0 Å². The van der Waals surface area contributed by atoms with Gasteiger partial charge >= 0.3 is 0 Å². The largest absolute Gasteiger partial charge is 0.208 e. The van der Waals surface area contributed by atoms with Crippen LogP contribution in [0.2, 0.25) is 0 Å². The van der Waals surface area contributed by atoms with Crippen molar-refractivity contribution < 1.29 is 0 Å². The molecule has 4 nitrogen and oxygen atoms in total. The van der Waals surface area contributed by atoms with E-state index >= 15 is 0 Å². The first kappa shape index (κ1) is 29.6. The fourth-order valence-corrected chi connectivity index (χ4v) is 8.18. The van der Waals surface area contributed by atoms with E-state index in [1.54, 1.807) is 11.8 Å². The Morgan fingerprint density at radius 3 is 1.67 bits per heavy atom. The lowest BCUT2D eigenvalue weighted by atomic mass is 9.75. The summed E-state index contributed by atoms with van der Waals surface area (Å²) in [6.45, 7) is 4.44. The zero-order valence-corrected chi connectivity index (χ0v) is 27.4. The highest BCUT2D eigenvalue weighted by molar-refractivity contribution is 7.99. The maximum Gasteiger partial charge on any atom is 0.164 e. The van der Waals surface area contributed by atoms with Gasteiger partial charge in [-0.1, -0.05) is 153 Å². The van der Waals surface area contributed by atoms with Crippen LogP contribution in [0.25, 0.3) is 56.4 Å². The van der Waals surface area contributed by atoms with E-state index in [-0.39, 0.29) is 5.41 Å². The monoisotopic (exact) mass is 634 g/mol. The van der Waals surface area contributed by atoms with Crippen LogP contribution >= 0.6 is 11.8 Å². The van der Waals surface area contributed by atoms with Gasteiger partial charge in [-0.3, -0.25) is 0 Å². The summed E-state index contributed by atoms with van der Waals surface area (Å²) >= 11 is 1.75. The smallest absolute Gasteiger partial charge is 0.164 e. The molecule has 7 aromatic rings. The minimum absolute atomic E-state index is 0.293. The molecule has 1 aromatic heterocycles. The van der Waals surface area contributed by atoms with Gasteiger partial charge in [0.05, 0.1) is 11.6 Å². The van der Waals surface area contributed by atoms with E-state index in [0.717, 1.165) is 55.0 Å². The maximum absolute atomic E-state index is 9.88. The van der Waals surface area contributed by atoms with Crippen molar-refractivity contribution in [2.45, 2.75) is 29.1 Å². The lowest BCUT2D eigenvalue weighted by Gasteiger charge is -2.35. The van der Waals surface area contributed by atoms with Gasteiger partial charge in [0, 0.05) is 31.9 Å². The molecule has 0 amide bonds. The number of hydrogen-bond donors (Lipinski definition) is 0. The van der Waals surface area contributed by atoms with Gasteiger partial charge in [0.2, 0.25) is 0 Å². The van der Waals surface area contributed by atoms with Crippen LogP contribution in [0.5, 0.6) is 0 Å². The molecule has 0 fully saturated rings. The van der Waals surface area contributed by atoms with Crippen molar-refractivity contribution in [3.05, 3.63) is 162 Å². The topological polar surface area (TPSA) is 62.5 Å². The van der Waals surface area contributed by atoms with E-state index in [0.29, 0.717) is 17.5 Å². The quantitative estimate of drug-likeness (QED) is 0.188. The van der Waals surface area contributed by atoms with Crippen LogP contribution in [-0.2, 0) is 5.41 Å². The van der Waals surface area contributed by atoms with Gasteiger partial charge in [0.15, 0.2) is 17.5 Å². The van der Waals surface area contributed by atoms with Crippen molar-refractivity contribution in [1.82, 2.24) is 15.0 Å². The first-order valence-electron chi connectivity index (χ1n) is 15.9. The van der Waals surface area contributed by atoms with Crippen LogP contribution in [0.1, 0.15) is 30.5 Å². The Hall–Kier alpha value is -5.83. The van der Waals surface area contributed by atoms with Crippen molar-refractivity contribution in [1.29, 1.82) is 5.26 Å². The lowest BCUT2D eigenvalue weighted by Crippen LogP contribution is -2.25. The maximum atomic E-state index is 9.88. The molecular weight excluding hydrogens is 605 g/mol. The summed E-state index contributed by atoms with van der Waals surface area (Å²) in [5.41, 5.74) is 10.0. The molecule has 0 saturated carbocycles. The molecular formula is C43H30N4S. The summed E-state index contributed by atoms with van der Waals surface area (Å²) in [5.74, 6) is 1.90. The number of aromatic nitrogens is 3. The predicted octanol–water partition coefficient (Wildman–Crippen LogP) is 10.9. The van der Waals surface area contributed by atoms with Crippen LogP contribution in [0.4, 0.5) is 0 Å². The molecule has 8 rings (SSSR count). The van der Waals surface area contributed by atoms with Crippen LogP contribution in [-0.4, -0.2) is 15.0 Å². The average molecular weight is 635 g/mol. The molecule has 0 unspecified atom stereocenters. The number of nitriles is 1. The number of benzene rings is 6. The molecule has 6 aromatic carbocycles. The molecule has 5 heteroatoms. The van der Waals surface area contributed by atoms with Gasteiger partial charge in [-0.2, -0.15) is 5.26 Å². The highest BCUT2D eigenvalue weighted by Crippen LogP contribution is 2.51. The molecule has 0 radical (unpaired) electrons. The summed E-state index contributed by atoms with van der Waals surface area (Å²) in [4.78, 5) is 17.3. The molecule has 0 saturated heterocycles. The lowest BCUT2D eigenvalue weighted by molar-refractivity contribution is 0.605. The third-order valence-corrected chi connectivity index (χ3v) is 10.2. The Balaban J connectivity index is 1.27. The van der Waals surface area contributed by atoms with Crippen molar-refractivity contribution in [2.75, 3.05) is 0 Å². The van der Waals surface area contributed by atoms with Gasteiger partial charge in [-0.25, -0.2) is 15.0 Å². The van der Waals surface area contributed by atoms with E-state index in [2.05, 4.69) is 86.6 Å². The first-order chi connectivity index (χ1) is 23.5. The van der Waals surface area contributed by atoms with E-state index in [9.17, 15) is 5.26 Å². The van der Waals surface area contributed by atoms with Crippen LogP contribution in [0, 0.1) is 11.3 Å². The second kappa shape index (κ2) is 12.1.